The maximum absolute atomic E-state index is 9.06. The van der Waals surface area contributed by atoms with Crippen LogP contribution >= 0.6 is 0 Å². The van der Waals surface area contributed by atoms with Gasteiger partial charge in [-0.15, -0.1) is 0 Å². The molecule has 96 valence electrons. The maximum atomic E-state index is 9.06. The van der Waals surface area contributed by atoms with E-state index in [0.717, 1.165) is 0 Å². The number of aliphatic hydroxyl groups excluding tert-OH is 1. The van der Waals surface area contributed by atoms with Gasteiger partial charge in [-0.3, -0.25) is 0 Å². The SMILES string of the molecule is CCOc1ncnc(NC(C)C(C)CO)c1N. The number of ether oxygens (including phenoxy) is 1. The van der Waals surface area contributed by atoms with Gasteiger partial charge in [0.05, 0.1) is 6.61 Å². The van der Waals surface area contributed by atoms with Crippen molar-refractivity contribution in [2.45, 2.75) is 26.8 Å². The number of anilines is 2. The molecule has 0 amide bonds. The van der Waals surface area contributed by atoms with E-state index < -0.39 is 0 Å². The van der Waals surface area contributed by atoms with Crippen LogP contribution < -0.4 is 15.8 Å². The smallest absolute Gasteiger partial charge is 0.242 e. The molecule has 4 N–H and O–H groups in total. The molecule has 0 aliphatic rings. The van der Waals surface area contributed by atoms with E-state index in [4.69, 9.17) is 15.6 Å². The van der Waals surface area contributed by atoms with Gasteiger partial charge in [0.15, 0.2) is 5.82 Å². The summed E-state index contributed by atoms with van der Waals surface area (Å²) in [4.78, 5) is 8.02. The topological polar surface area (TPSA) is 93.3 Å². The van der Waals surface area contributed by atoms with Crippen molar-refractivity contribution in [1.29, 1.82) is 0 Å². The van der Waals surface area contributed by atoms with E-state index in [1.165, 1.54) is 6.33 Å². The first-order chi connectivity index (χ1) is 8.10. The molecule has 1 aromatic rings. The molecule has 1 rings (SSSR count). The summed E-state index contributed by atoms with van der Waals surface area (Å²) in [6, 6.07) is 0.0617. The van der Waals surface area contributed by atoms with Crippen molar-refractivity contribution in [3.05, 3.63) is 6.33 Å². The molecule has 0 saturated heterocycles. The molecule has 0 aliphatic carbocycles. The number of nitrogens with one attached hydrogen (secondary N) is 1. The van der Waals surface area contributed by atoms with E-state index in [2.05, 4.69) is 15.3 Å². The van der Waals surface area contributed by atoms with E-state index >= 15 is 0 Å². The van der Waals surface area contributed by atoms with Crippen LogP contribution in [0.4, 0.5) is 11.5 Å². The van der Waals surface area contributed by atoms with Crippen LogP contribution in [0.15, 0.2) is 6.33 Å². The van der Waals surface area contributed by atoms with Gasteiger partial charge in [-0.05, 0) is 19.8 Å². The highest BCUT2D eigenvalue weighted by molar-refractivity contribution is 5.66. The Morgan fingerprint density at radius 1 is 1.47 bits per heavy atom. The molecule has 2 atom stereocenters. The standard InChI is InChI=1S/C11H20N4O2/c1-4-17-11-9(12)10(13-6-14-11)15-8(3)7(2)5-16/h6-8,16H,4-5,12H2,1-3H3,(H,13,14,15). The molecular formula is C11H20N4O2. The lowest BCUT2D eigenvalue weighted by Crippen LogP contribution is -2.27. The molecule has 1 heterocycles. The third kappa shape index (κ3) is 3.45. The first kappa shape index (κ1) is 13.5. The molecule has 1 aromatic heterocycles. The average Bonchev–Trinajstić information content (AvgIpc) is 2.33. The molecule has 0 bridgehead atoms. The third-order valence-electron chi connectivity index (χ3n) is 2.63. The van der Waals surface area contributed by atoms with Gasteiger partial charge in [0, 0.05) is 12.6 Å². The molecule has 2 unspecified atom stereocenters. The monoisotopic (exact) mass is 240 g/mol. The third-order valence-corrected chi connectivity index (χ3v) is 2.63. The molecule has 6 heteroatoms. The van der Waals surface area contributed by atoms with Crippen LogP contribution in [-0.4, -0.2) is 34.3 Å². The van der Waals surface area contributed by atoms with Crippen LogP contribution in [0, 0.1) is 5.92 Å². The van der Waals surface area contributed by atoms with Crippen molar-refractivity contribution < 1.29 is 9.84 Å². The maximum Gasteiger partial charge on any atom is 0.242 e. The van der Waals surface area contributed by atoms with Crippen LogP contribution in [0.5, 0.6) is 5.88 Å². The number of aromatic nitrogens is 2. The van der Waals surface area contributed by atoms with E-state index in [9.17, 15) is 0 Å². The van der Waals surface area contributed by atoms with E-state index in [1.54, 1.807) is 0 Å². The summed E-state index contributed by atoms with van der Waals surface area (Å²) in [6.45, 7) is 6.38. The molecule has 0 aromatic carbocycles. The molecule has 0 fully saturated rings. The fourth-order valence-electron chi connectivity index (χ4n) is 1.26. The summed E-state index contributed by atoms with van der Waals surface area (Å²) in [6.07, 6.45) is 1.40. The second kappa shape index (κ2) is 6.24. The summed E-state index contributed by atoms with van der Waals surface area (Å²) in [5.41, 5.74) is 6.28. The summed E-state index contributed by atoms with van der Waals surface area (Å²) in [7, 11) is 0. The van der Waals surface area contributed by atoms with Gasteiger partial charge in [0.2, 0.25) is 5.88 Å². The number of aliphatic hydroxyl groups is 1. The van der Waals surface area contributed by atoms with Crippen molar-refractivity contribution >= 4 is 11.5 Å². The largest absolute Gasteiger partial charge is 0.476 e. The minimum Gasteiger partial charge on any atom is -0.476 e. The predicted molar refractivity (Wildman–Crippen MR) is 66.9 cm³/mol. The van der Waals surface area contributed by atoms with Crippen molar-refractivity contribution in [3.8, 4) is 5.88 Å². The van der Waals surface area contributed by atoms with Gasteiger partial charge in [0.1, 0.15) is 12.0 Å². The Kier molecular flexibility index (Phi) is 4.96. The zero-order valence-corrected chi connectivity index (χ0v) is 10.5. The van der Waals surface area contributed by atoms with E-state index in [-0.39, 0.29) is 18.6 Å². The zero-order chi connectivity index (χ0) is 12.8. The normalized spacial score (nSPS) is 14.1. The Bertz CT molecular complexity index is 359. The van der Waals surface area contributed by atoms with Crippen LogP contribution in [0.1, 0.15) is 20.8 Å². The highest BCUT2D eigenvalue weighted by Crippen LogP contribution is 2.25. The van der Waals surface area contributed by atoms with E-state index in [0.29, 0.717) is 24.0 Å². The van der Waals surface area contributed by atoms with Crippen molar-refractivity contribution in [2.75, 3.05) is 24.3 Å². The van der Waals surface area contributed by atoms with Crippen molar-refractivity contribution in [3.63, 3.8) is 0 Å². The molecule has 0 spiro atoms. The van der Waals surface area contributed by atoms with E-state index in [1.807, 2.05) is 20.8 Å². The van der Waals surface area contributed by atoms with Gasteiger partial charge >= 0.3 is 0 Å². The lowest BCUT2D eigenvalue weighted by molar-refractivity contribution is 0.226. The average molecular weight is 240 g/mol. The molecule has 0 saturated carbocycles. The quantitative estimate of drug-likeness (QED) is 0.683. The second-order valence-electron chi connectivity index (χ2n) is 3.97. The number of hydrogen-bond acceptors (Lipinski definition) is 6. The van der Waals surface area contributed by atoms with Gasteiger partial charge in [-0.25, -0.2) is 4.98 Å². The number of nitrogens with zero attached hydrogens (tertiary/aromatic N) is 2. The highest BCUT2D eigenvalue weighted by Gasteiger charge is 2.15. The van der Waals surface area contributed by atoms with Gasteiger partial charge in [-0.1, -0.05) is 6.92 Å². The van der Waals surface area contributed by atoms with Crippen molar-refractivity contribution in [2.24, 2.45) is 5.92 Å². The van der Waals surface area contributed by atoms with Crippen LogP contribution in [0.25, 0.3) is 0 Å². The Balaban J connectivity index is 2.80. The van der Waals surface area contributed by atoms with Gasteiger partial charge in [-0.2, -0.15) is 4.98 Å². The fourth-order valence-corrected chi connectivity index (χ4v) is 1.26. The lowest BCUT2D eigenvalue weighted by atomic mass is 10.1. The molecule has 17 heavy (non-hydrogen) atoms. The Morgan fingerprint density at radius 3 is 2.76 bits per heavy atom. The fraction of sp³-hybridized carbons (Fsp3) is 0.636. The lowest BCUT2D eigenvalue weighted by Gasteiger charge is -2.21. The molecular weight excluding hydrogens is 220 g/mol. The Morgan fingerprint density at radius 2 is 2.18 bits per heavy atom. The van der Waals surface area contributed by atoms with Crippen LogP contribution in [0.3, 0.4) is 0 Å². The first-order valence-corrected chi connectivity index (χ1v) is 5.70. The second-order valence-corrected chi connectivity index (χ2v) is 3.97. The van der Waals surface area contributed by atoms with Crippen molar-refractivity contribution in [1.82, 2.24) is 9.97 Å². The summed E-state index contributed by atoms with van der Waals surface area (Å²) in [5, 5.41) is 12.2. The molecule has 6 nitrogen and oxygen atoms in total. The van der Waals surface area contributed by atoms with Crippen LogP contribution in [-0.2, 0) is 0 Å². The summed E-state index contributed by atoms with van der Waals surface area (Å²) < 4.78 is 5.28. The van der Waals surface area contributed by atoms with Gasteiger partial charge < -0.3 is 20.9 Å². The number of nitrogen functional groups attached to an aromatic ring is 1. The minimum absolute atomic E-state index is 0.0617. The minimum atomic E-state index is 0.0617. The number of nitrogens with two attached hydrogens (primary N) is 1. The summed E-state index contributed by atoms with van der Waals surface area (Å²) in [5.74, 6) is 1.03. The highest BCUT2D eigenvalue weighted by atomic mass is 16.5. The Hall–Kier alpha value is -1.56. The first-order valence-electron chi connectivity index (χ1n) is 5.70. The Labute approximate surface area is 101 Å². The summed E-state index contributed by atoms with van der Waals surface area (Å²) >= 11 is 0. The zero-order valence-electron chi connectivity index (χ0n) is 10.5. The van der Waals surface area contributed by atoms with Gasteiger partial charge in [0.25, 0.3) is 0 Å². The number of rotatable bonds is 6. The number of hydrogen-bond donors (Lipinski definition) is 3. The predicted octanol–water partition coefficient (Wildman–Crippen LogP) is 0.886. The van der Waals surface area contributed by atoms with Crippen LogP contribution in [0.2, 0.25) is 0 Å². The molecule has 0 radical (unpaired) electrons. The molecule has 0 aliphatic heterocycles.